The summed E-state index contributed by atoms with van der Waals surface area (Å²) >= 11 is 0. The number of carbonyl (C=O) groups is 2. The van der Waals surface area contributed by atoms with Gasteiger partial charge in [0.1, 0.15) is 11.7 Å². The van der Waals surface area contributed by atoms with Crippen LogP contribution in [0.2, 0.25) is 0 Å². The standard InChI is InChI=1S/C19H27NO6/c1-5-25-17(23)16(22)15(21)13-7-6-12-8-9-20(11-14(12)10-13)18(24)26-19(2,3)4/h6-7,10,15-16,21-22H,5,8-9,11H2,1-4H3. The second-order valence-electron chi connectivity index (χ2n) is 7.32. The van der Waals surface area contributed by atoms with Gasteiger partial charge in [-0.25, -0.2) is 9.59 Å². The zero-order valence-electron chi connectivity index (χ0n) is 15.7. The number of ether oxygens (including phenoxy) is 2. The Kier molecular flexibility index (Phi) is 6.26. The zero-order valence-corrected chi connectivity index (χ0v) is 15.7. The van der Waals surface area contributed by atoms with E-state index < -0.39 is 23.8 Å². The number of nitrogens with zero attached hydrogens (tertiary/aromatic N) is 1. The third-order valence-corrected chi connectivity index (χ3v) is 4.06. The molecular weight excluding hydrogens is 338 g/mol. The molecule has 1 amide bonds. The molecule has 1 aromatic rings. The number of esters is 1. The molecule has 0 saturated carbocycles. The smallest absolute Gasteiger partial charge is 0.410 e. The van der Waals surface area contributed by atoms with Crippen molar-refractivity contribution < 1.29 is 29.3 Å². The van der Waals surface area contributed by atoms with Gasteiger partial charge in [0.05, 0.1) is 6.61 Å². The lowest BCUT2D eigenvalue weighted by Gasteiger charge is -2.31. The molecule has 2 N–H and O–H groups in total. The number of rotatable bonds is 4. The van der Waals surface area contributed by atoms with Gasteiger partial charge in [0.2, 0.25) is 0 Å². The van der Waals surface area contributed by atoms with Gasteiger partial charge in [0.25, 0.3) is 0 Å². The lowest BCUT2D eigenvalue weighted by Crippen LogP contribution is -2.40. The Balaban J connectivity index is 2.13. The van der Waals surface area contributed by atoms with Gasteiger partial charge in [-0.15, -0.1) is 0 Å². The Hall–Kier alpha value is -2.12. The van der Waals surface area contributed by atoms with Crippen molar-refractivity contribution in [2.75, 3.05) is 13.2 Å². The van der Waals surface area contributed by atoms with Crippen molar-refractivity contribution in [2.24, 2.45) is 0 Å². The summed E-state index contributed by atoms with van der Waals surface area (Å²) in [5.74, 6) is -0.867. The van der Waals surface area contributed by atoms with E-state index in [1.165, 1.54) is 0 Å². The van der Waals surface area contributed by atoms with Crippen LogP contribution in [0.15, 0.2) is 18.2 Å². The molecule has 1 aliphatic heterocycles. The Morgan fingerprint density at radius 2 is 1.92 bits per heavy atom. The minimum Gasteiger partial charge on any atom is -0.464 e. The Morgan fingerprint density at radius 1 is 1.23 bits per heavy atom. The number of amides is 1. The summed E-state index contributed by atoms with van der Waals surface area (Å²) in [6.45, 7) is 8.09. The molecule has 144 valence electrons. The molecule has 0 spiro atoms. The summed E-state index contributed by atoms with van der Waals surface area (Å²) in [5, 5.41) is 20.2. The highest BCUT2D eigenvalue weighted by Gasteiger charge is 2.29. The Bertz CT molecular complexity index is 666. The van der Waals surface area contributed by atoms with Crippen LogP contribution in [0.1, 0.15) is 50.5 Å². The van der Waals surface area contributed by atoms with Crippen LogP contribution in [0, 0.1) is 0 Å². The Morgan fingerprint density at radius 3 is 2.54 bits per heavy atom. The van der Waals surface area contributed by atoms with Crippen molar-refractivity contribution in [3.63, 3.8) is 0 Å². The lowest BCUT2D eigenvalue weighted by atomic mass is 9.94. The number of hydrogen-bond donors (Lipinski definition) is 2. The van der Waals surface area contributed by atoms with Gasteiger partial charge >= 0.3 is 12.1 Å². The van der Waals surface area contributed by atoms with E-state index in [-0.39, 0.29) is 12.7 Å². The lowest BCUT2D eigenvalue weighted by molar-refractivity contribution is -0.159. The number of aliphatic hydroxyl groups excluding tert-OH is 2. The van der Waals surface area contributed by atoms with Gasteiger partial charge in [0.15, 0.2) is 6.10 Å². The molecule has 0 aromatic heterocycles. The van der Waals surface area contributed by atoms with E-state index in [0.717, 1.165) is 11.1 Å². The van der Waals surface area contributed by atoms with Gasteiger partial charge in [-0.05, 0) is 50.8 Å². The zero-order chi connectivity index (χ0) is 19.5. The van der Waals surface area contributed by atoms with Gasteiger partial charge in [0, 0.05) is 13.1 Å². The fourth-order valence-corrected chi connectivity index (χ4v) is 2.78. The Labute approximate surface area is 153 Å². The van der Waals surface area contributed by atoms with Crippen molar-refractivity contribution >= 4 is 12.1 Å². The molecular formula is C19H27NO6. The van der Waals surface area contributed by atoms with Crippen LogP contribution in [0.25, 0.3) is 0 Å². The summed E-state index contributed by atoms with van der Waals surface area (Å²) in [6, 6.07) is 5.23. The van der Waals surface area contributed by atoms with Crippen LogP contribution in [-0.2, 0) is 27.2 Å². The molecule has 0 saturated heterocycles. The van der Waals surface area contributed by atoms with Crippen molar-refractivity contribution in [2.45, 2.75) is 58.5 Å². The van der Waals surface area contributed by atoms with Gasteiger partial charge in [-0.2, -0.15) is 0 Å². The van der Waals surface area contributed by atoms with Crippen molar-refractivity contribution in [3.8, 4) is 0 Å². The number of fused-ring (bicyclic) bond motifs is 1. The average Bonchev–Trinajstić information content (AvgIpc) is 2.58. The van der Waals surface area contributed by atoms with Crippen LogP contribution in [0.5, 0.6) is 0 Å². The number of hydrogen-bond acceptors (Lipinski definition) is 6. The molecule has 0 fully saturated rings. The number of carbonyl (C=O) groups excluding carboxylic acids is 2. The third-order valence-electron chi connectivity index (χ3n) is 4.06. The first kappa shape index (κ1) is 20.2. The maximum atomic E-state index is 12.3. The molecule has 0 radical (unpaired) electrons. The van der Waals surface area contributed by atoms with E-state index in [1.807, 2.05) is 26.8 Å². The molecule has 26 heavy (non-hydrogen) atoms. The number of benzene rings is 1. The first-order chi connectivity index (χ1) is 12.1. The van der Waals surface area contributed by atoms with Gasteiger partial charge in [-0.3, -0.25) is 0 Å². The third kappa shape index (κ3) is 4.95. The maximum absolute atomic E-state index is 12.3. The predicted octanol–water partition coefficient (Wildman–Crippen LogP) is 1.94. The minimum absolute atomic E-state index is 0.123. The topological polar surface area (TPSA) is 96.3 Å². The highest BCUT2D eigenvalue weighted by molar-refractivity contribution is 5.75. The maximum Gasteiger partial charge on any atom is 0.410 e. The van der Waals surface area contributed by atoms with E-state index in [0.29, 0.717) is 25.1 Å². The molecule has 1 aliphatic rings. The van der Waals surface area contributed by atoms with Crippen molar-refractivity contribution in [3.05, 3.63) is 34.9 Å². The van der Waals surface area contributed by atoms with E-state index in [2.05, 4.69) is 0 Å². The van der Waals surface area contributed by atoms with Crippen LogP contribution in [0.3, 0.4) is 0 Å². The second-order valence-corrected chi connectivity index (χ2v) is 7.32. The van der Waals surface area contributed by atoms with Crippen molar-refractivity contribution in [1.82, 2.24) is 4.90 Å². The van der Waals surface area contributed by atoms with Crippen LogP contribution < -0.4 is 0 Å². The van der Waals surface area contributed by atoms with Gasteiger partial charge in [-0.1, -0.05) is 18.2 Å². The van der Waals surface area contributed by atoms with Gasteiger partial charge < -0.3 is 24.6 Å². The van der Waals surface area contributed by atoms with E-state index in [4.69, 9.17) is 9.47 Å². The summed E-state index contributed by atoms with van der Waals surface area (Å²) < 4.78 is 10.1. The second kappa shape index (κ2) is 8.05. The van der Waals surface area contributed by atoms with Crippen LogP contribution in [-0.4, -0.2) is 52.0 Å². The highest BCUT2D eigenvalue weighted by atomic mass is 16.6. The highest BCUT2D eigenvalue weighted by Crippen LogP contribution is 2.26. The fraction of sp³-hybridized carbons (Fsp3) is 0.579. The summed E-state index contributed by atoms with van der Waals surface area (Å²) in [4.78, 5) is 25.5. The monoisotopic (exact) mass is 365 g/mol. The molecule has 7 nitrogen and oxygen atoms in total. The molecule has 2 rings (SSSR count). The van der Waals surface area contributed by atoms with E-state index in [9.17, 15) is 19.8 Å². The molecule has 0 bridgehead atoms. The largest absolute Gasteiger partial charge is 0.464 e. The molecule has 0 aliphatic carbocycles. The fourth-order valence-electron chi connectivity index (χ4n) is 2.78. The SMILES string of the molecule is CCOC(=O)C(O)C(O)c1ccc2c(c1)CN(C(=O)OC(C)(C)C)CC2. The van der Waals surface area contributed by atoms with Crippen LogP contribution in [0.4, 0.5) is 4.79 Å². The molecule has 2 atom stereocenters. The first-order valence-corrected chi connectivity index (χ1v) is 8.74. The predicted molar refractivity (Wildman–Crippen MR) is 94.4 cm³/mol. The summed E-state index contributed by atoms with van der Waals surface area (Å²) in [5.41, 5.74) is 1.75. The van der Waals surface area contributed by atoms with Crippen molar-refractivity contribution in [1.29, 1.82) is 0 Å². The summed E-state index contributed by atoms with van der Waals surface area (Å²) in [6.07, 6.45) is -2.76. The van der Waals surface area contributed by atoms with E-state index in [1.54, 1.807) is 24.0 Å². The molecule has 2 unspecified atom stereocenters. The molecule has 1 heterocycles. The first-order valence-electron chi connectivity index (χ1n) is 8.74. The number of aliphatic hydroxyl groups is 2. The average molecular weight is 365 g/mol. The quantitative estimate of drug-likeness (QED) is 0.792. The van der Waals surface area contributed by atoms with E-state index >= 15 is 0 Å². The normalized spacial score (nSPS) is 16.5. The molecule has 1 aromatic carbocycles. The molecule has 7 heteroatoms. The summed E-state index contributed by atoms with van der Waals surface area (Å²) in [7, 11) is 0. The van der Waals surface area contributed by atoms with Crippen LogP contribution >= 0.6 is 0 Å². The minimum atomic E-state index is -1.65.